The fraction of sp³-hybridized carbons (Fsp3) is 0.600. The molecular weight excluding hydrogens is 351 g/mol. The van der Waals surface area contributed by atoms with Gasteiger partial charge in [0.15, 0.2) is 11.6 Å². The molecule has 1 aromatic carbocycles. The Kier molecular flexibility index (Phi) is 5.69. The SMILES string of the molecule is CC(N[C@@H](C)C(=O)O)C1CCC(CN2Cc3ccc(O)c(F)c3C2=O)CC1. The van der Waals surface area contributed by atoms with Crippen LogP contribution in [0, 0.1) is 17.7 Å². The van der Waals surface area contributed by atoms with E-state index >= 15 is 0 Å². The van der Waals surface area contributed by atoms with Crippen LogP contribution < -0.4 is 5.32 Å². The number of amides is 1. The first kappa shape index (κ1) is 19.6. The Labute approximate surface area is 158 Å². The molecule has 0 aromatic heterocycles. The van der Waals surface area contributed by atoms with Crippen molar-refractivity contribution in [3.63, 3.8) is 0 Å². The number of carboxylic acid groups (broad SMARTS) is 1. The Hall–Kier alpha value is -2.15. The Morgan fingerprint density at radius 2 is 1.96 bits per heavy atom. The second-order valence-corrected chi connectivity index (χ2v) is 7.91. The molecule has 27 heavy (non-hydrogen) atoms. The van der Waals surface area contributed by atoms with Crippen molar-refractivity contribution in [2.75, 3.05) is 6.54 Å². The summed E-state index contributed by atoms with van der Waals surface area (Å²) in [4.78, 5) is 25.2. The van der Waals surface area contributed by atoms with Crippen LogP contribution in [-0.2, 0) is 11.3 Å². The van der Waals surface area contributed by atoms with Gasteiger partial charge in [0.25, 0.3) is 5.91 Å². The predicted molar refractivity (Wildman–Crippen MR) is 97.9 cm³/mol. The number of halogens is 1. The molecule has 1 heterocycles. The number of phenols is 1. The lowest BCUT2D eigenvalue weighted by atomic mass is 9.78. The van der Waals surface area contributed by atoms with Gasteiger partial charge in [-0.15, -0.1) is 0 Å². The van der Waals surface area contributed by atoms with Crippen LogP contribution in [0.15, 0.2) is 12.1 Å². The van der Waals surface area contributed by atoms with Crippen molar-refractivity contribution in [2.45, 2.75) is 58.2 Å². The highest BCUT2D eigenvalue weighted by Crippen LogP contribution is 2.35. The Morgan fingerprint density at radius 3 is 2.59 bits per heavy atom. The third-order valence-electron chi connectivity index (χ3n) is 6.03. The van der Waals surface area contributed by atoms with Gasteiger partial charge in [0.1, 0.15) is 6.04 Å². The van der Waals surface area contributed by atoms with E-state index in [9.17, 15) is 19.1 Å². The van der Waals surface area contributed by atoms with Crippen molar-refractivity contribution in [1.82, 2.24) is 10.2 Å². The standard InChI is InChI=1S/C20H27FN2O4/c1-11(22-12(2)20(26)27)14-5-3-13(4-6-14)9-23-10-15-7-8-16(24)18(21)17(15)19(23)25/h7-8,11-14,22,24H,3-6,9-10H2,1-2H3,(H,26,27)/t11?,12-,13?,14?/m0/s1. The summed E-state index contributed by atoms with van der Waals surface area (Å²) in [5.41, 5.74) is 0.633. The van der Waals surface area contributed by atoms with Crippen molar-refractivity contribution in [2.24, 2.45) is 11.8 Å². The maximum absolute atomic E-state index is 14.1. The molecule has 1 fully saturated rings. The summed E-state index contributed by atoms with van der Waals surface area (Å²) in [5, 5.41) is 21.7. The number of carbonyl (C=O) groups is 2. The average Bonchev–Trinajstić information content (AvgIpc) is 2.95. The second kappa shape index (κ2) is 7.84. The van der Waals surface area contributed by atoms with Crippen LogP contribution in [0.5, 0.6) is 5.75 Å². The molecule has 7 heteroatoms. The van der Waals surface area contributed by atoms with Gasteiger partial charge in [-0.25, -0.2) is 4.39 Å². The van der Waals surface area contributed by atoms with Crippen LogP contribution in [0.2, 0.25) is 0 Å². The molecule has 0 bridgehead atoms. The van der Waals surface area contributed by atoms with Crippen LogP contribution in [0.4, 0.5) is 4.39 Å². The molecule has 1 amide bonds. The van der Waals surface area contributed by atoms with Gasteiger partial charge < -0.3 is 20.4 Å². The van der Waals surface area contributed by atoms with Gasteiger partial charge >= 0.3 is 5.97 Å². The fourth-order valence-corrected chi connectivity index (χ4v) is 4.34. The van der Waals surface area contributed by atoms with E-state index < -0.39 is 23.6 Å². The van der Waals surface area contributed by atoms with Crippen molar-refractivity contribution < 1.29 is 24.2 Å². The quantitative estimate of drug-likeness (QED) is 0.708. The Bertz CT molecular complexity index is 731. The lowest BCUT2D eigenvalue weighted by molar-refractivity contribution is -0.139. The van der Waals surface area contributed by atoms with Crippen molar-refractivity contribution >= 4 is 11.9 Å². The van der Waals surface area contributed by atoms with Gasteiger partial charge in [-0.05, 0) is 63.0 Å². The molecule has 2 atom stereocenters. The molecule has 3 N–H and O–H groups in total. The third-order valence-corrected chi connectivity index (χ3v) is 6.03. The van der Waals surface area contributed by atoms with Gasteiger partial charge in [0, 0.05) is 19.1 Å². The van der Waals surface area contributed by atoms with E-state index in [1.807, 2.05) is 6.92 Å². The van der Waals surface area contributed by atoms with Gasteiger partial charge in [0.05, 0.1) is 5.56 Å². The van der Waals surface area contributed by atoms with Crippen molar-refractivity contribution in [3.8, 4) is 5.75 Å². The number of rotatable bonds is 6. The molecule has 1 aliphatic carbocycles. The number of hydrogen-bond donors (Lipinski definition) is 3. The molecule has 0 saturated heterocycles. The third kappa shape index (κ3) is 4.08. The summed E-state index contributed by atoms with van der Waals surface area (Å²) in [6.07, 6.45) is 3.89. The summed E-state index contributed by atoms with van der Waals surface area (Å²) in [6, 6.07) is 2.47. The largest absolute Gasteiger partial charge is 0.505 e. The average molecular weight is 378 g/mol. The van der Waals surface area contributed by atoms with Crippen LogP contribution in [0.3, 0.4) is 0 Å². The normalized spacial score (nSPS) is 24.6. The van der Waals surface area contributed by atoms with Crippen molar-refractivity contribution in [1.29, 1.82) is 0 Å². The maximum Gasteiger partial charge on any atom is 0.320 e. The summed E-state index contributed by atoms with van der Waals surface area (Å²) < 4.78 is 14.1. The first-order valence-electron chi connectivity index (χ1n) is 9.56. The van der Waals surface area contributed by atoms with Crippen LogP contribution in [-0.4, -0.2) is 45.6 Å². The summed E-state index contributed by atoms with van der Waals surface area (Å²) in [5.74, 6) is -1.71. The van der Waals surface area contributed by atoms with E-state index in [-0.39, 0.29) is 17.5 Å². The monoisotopic (exact) mass is 378 g/mol. The number of aliphatic carboxylic acids is 1. The number of carbonyl (C=O) groups excluding carboxylic acids is 1. The Balaban J connectivity index is 1.52. The smallest absolute Gasteiger partial charge is 0.320 e. The summed E-state index contributed by atoms with van der Waals surface area (Å²) >= 11 is 0. The highest BCUT2D eigenvalue weighted by atomic mass is 19.1. The van der Waals surface area contributed by atoms with Gasteiger partial charge in [-0.1, -0.05) is 6.07 Å². The van der Waals surface area contributed by atoms with Crippen molar-refractivity contribution in [3.05, 3.63) is 29.1 Å². The number of phenolic OH excluding ortho intramolecular Hbond substituents is 1. The van der Waals surface area contributed by atoms with Crippen LogP contribution >= 0.6 is 0 Å². The lowest BCUT2D eigenvalue weighted by Gasteiger charge is -2.35. The lowest BCUT2D eigenvalue weighted by Crippen LogP contribution is -2.44. The first-order valence-corrected chi connectivity index (χ1v) is 9.56. The highest BCUT2D eigenvalue weighted by Gasteiger charge is 2.34. The minimum atomic E-state index is -0.846. The Morgan fingerprint density at radius 1 is 1.30 bits per heavy atom. The molecule has 1 saturated carbocycles. The summed E-state index contributed by atoms with van der Waals surface area (Å²) in [7, 11) is 0. The predicted octanol–water partition coefficient (Wildman–Crippen LogP) is 2.74. The van der Waals surface area contributed by atoms with E-state index in [0.717, 1.165) is 25.7 Å². The number of benzene rings is 1. The summed E-state index contributed by atoms with van der Waals surface area (Å²) in [6.45, 7) is 4.66. The molecule has 1 unspecified atom stereocenters. The number of hydrogen-bond acceptors (Lipinski definition) is 4. The topological polar surface area (TPSA) is 89.9 Å². The molecular formula is C20H27FN2O4. The van der Waals surface area contributed by atoms with Gasteiger partial charge in [0.2, 0.25) is 0 Å². The van der Waals surface area contributed by atoms with E-state index in [2.05, 4.69) is 5.32 Å². The number of nitrogens with zero attached hydrogens (tertiary/aromatic N) is 1. The zero-order valence-electron chi connectivity index (χ0n) is 15.7. The van der Waals surface area contributed by atoms with E-state index in [1.165, 1.54) is 6.07 Å². The number of fused-ring (bicyclic) bond motifs is 1. The maximum atomic E-state index is 14.1. The molecule has 0 radical (unpaired) electrons. The number of nitrogens with one attached hydrogen (secondary N) is 1. The fourth-order valence-electron chi connectivity index (χ4n) is 4.34. The molecule has 1 aliphatic heterocycles. The molecule has 1 aromatic rings. The van der Waals surface area contributed by atoms with E-state index in [0.29, 0.717) is 30.5 Å². The molecule has 148 valence electrons. The van der Waals surface area contributed by atoms with E-state index in [4.69, 9.17) is 5.11 Å². The van der Waals surface area contributed by atoms with Gasteiger partial charge in [-0.3, -0.25) is 9.59 Å². The first-order chi connectivity index (χ1) is 12.8. The minimum absolute atomic E-state index is 0.00386. The zero-order chi connectivity index (χ0) is 19.7. The molecule has 2 aliphatic rings. The number of aromatic hydroxyl groups is 1. The molecule has 0 spiro atoms. The van der Waals surface area contributed by atoms with Gasteiger partial charge in [-0.2, -0.15) is 0 Å². The highest BCUT2D eigenvalue weighted by molar-refractivity contribution is 5.99. The van der Waals surface area contributed by atoms with Crippen LogP contribution in [0.1, 0.15) is 55.5 Å². The minimum Gasteiger partial charge on any atom is -0.505 e. The second-order valence-electron chi connectivity index (χ2n) is 7.91. The van der Waals surface area contributed by atoms with E-state index in [1.54, 1.807) is 17.9 Å². The number of carboxylic acids is 1. The zero-order valence-corrected chi connectivity index (χ0v) is 15.7. The molecule has 6 nitrogen and oxygen atoms in total. The van der Waals surface area contributed by atoms with Crippen LogP contribution in [0.25, 0.3) is 0 Å². The molecule has 3 rings (SSSR count).